The fourth-order valence-electron chi connectivity index (χ4n) is 2.94. The molecule has 4 heterocycles. The summed E-state index contributed by atoms with van der Waals surface area (Å²) >= 11 is 0. The van der Waals surface area contributed by atoms with Crippen LogP contribution in [0.1, 0.15) is 5.69 Å². The Kier molecular flexibility index (Phi) is 4.29. The molecule has 3 aromatic rings. The lowest BCUT2D eigenvalue weighted by molar-refractivity contribution is 0.0372. The van der Waals surface area contributed by atoms with Gasteiger partial charge < -0.3 is 15.4 Å². The summed E-state index contributed by atoms with van der Waals surface area (Å²) in [5, 5.41) is 11.0. The Hall–Kier alpha value is -2.58. The van der Waals surface area contributed by atoms with Crippen LogP contribution in [0.15, 0.2) is 24.7 Å². The third-order valence-corrected chi connectivity index (χ3v) is 4.47. The van der Waals surface area contributed by atoms with Gasteiger partial charge in [0.15, 0.2) is 5.82 Å². The van der Waals surface area contributed by atoms with Crippen LogP contribution in [0.5, 0.6) is 0 Å². The van der Waals surface area contributed by atoms with E-state index in [1.807, 2.05) is 30.9 Å². The molecular formula is C17H21N7O. The zero-order chi connectivity index (χ0) is 17.2. The summed E-state index contributed by atoms with van der Waals surface area (Å²) in [6.45, 7) is 5.16. The van der Waals surface area contributed by atoms with E-state index < -0.39 is 0 Å². The number of fused-ring (bicyclic) bond motifs is 1. The van der Waals surface area contributed by atoms with Gasteiger partial charge in [-0.05, 0) is 13.0 Å². The van der Waals surface area contributed by atoms with E-state index in [0.717, 1.165) is 53.5 Å². The predicted molar refractivity (Wildman–Crippen MR) is 95.4 cm³/mol. The van der Waals surface area contributed by atoms with Crippen molar-refractivity contribution in [1.82, 2.24) is 30.0 Å². The second-order valence-electron chi connectivity index (χ2n) is 6.13. The van der Waals surface area contributed by atoms with Gasteiger partial charge in [-0.25, -0.2) is 9.97 Å². The van der Waals surface area contributed by atoms with Gasteiger partial charge in [0, 0.05) is 50.3 Å². The third kappa shape index (κ3) is 3.18. The van der Waals surface area contributed by atoms with Crippen LogP contribution in [0.25, 0.3) is 22.3 Å². The Morgan fingerprint density at radius 1 is 1.36 bits per heavy atom. The molecule has 0 bridgehead atoms. The molecule has 1 fully saturated rings. The number of pyridine rings is 1. The SMILES string of the molecule is Cc1c(-c2cc3nccnc3c(NC[C@@H]3CNCCO3)n2)cnn1C. The zero-order valence-corrected chi connectivity index (χ0v) is 14.4. The van der Waals surface area contributed by atoms with Crippen molar-refractivity contribution in [3.05, 3.63) is 30.4 Å². The lowest BCUT2D eigenvalue weighted by atomic mass is 10.1. The van der Waals surface area contributed by atoms with E-state index in [1.165, 1.54) is 0 Å². The topological polar surface area (TPSA) is 89.8 Å². The molecule has 0 spiro atoms. The maximum Gasteiger partial charge on any atom is 0.154 e. The first-order valence-corrected chi connectivity index (χ1v) is 8.39. The Bertz CT molecular complexity index is 886. The summed E-state index contributed by atoms with van der Waals surface area (Å²) < 4.78 is 7.59. The summed E-state index contributed by atoms with van der Waals surface area (Å²) in [7, 11) is 1.92. The molecule has 2 N–H and O–H groups in total. The van der Waals surface area contributed by atoms with Crippen LogP contribution in [0.2, 0.25) is 0 Å². The number of aryl methyl sites for hydroxylation is 1. The second-order valence-corrected chi connectivity index (χ2v) is 6.13. The van der Waals surface area contributed by atoms with E-state index in [-0.39, 0.29) is 6.10 Å². The molecule has 25 heavy (non-hydrogen) atoms. The minimum Gasteiger partial charge on any atom is -0.374 e. The summed E-state index contributed by atoms with van der Waals surface area (Å²) in [5.41, 5.74) is 4.46. The van der Waals surface area contributed by atoms with Crippen LogP contribution in [0, 0.1) is 6.92 Å². The molecule has 0 radical (unpaired) electrons. The normalized spacial score (nSPS) is 17.8. The average Bonchev–Trinajstić information content (AvgIpc) is 2.99. The summed E-state index contributed by atoms with van der Waals surface area (Å²) in [6, 6.07) is 1.95. The average molecular weight is 339 g/mol. The molecule has 8 nitrogen and oxygen atoms in total. The highest BCUT2D eigenvalue weighted by Gasteiger charge is 2.16. The standard InChI is InChI=1S/C17H21N7O/c1-11-13(10-22-24(11)2)14-7-15-16(20-4-3-19-15)17(23-14)21-9-12-8-18-5-6-25-12/h3-4,7,10,12,18H,5-6,8-9H2,1-2H3,(H,21,23)/t12-/m0/s1. The molecule has 4 rings (SSSR count). The van der Waals surface area contributed by atoms with Crippen molar-refractivity contribution in [1.29, 1.82) is 0 Å². The van der Waals surface area contributed by atoms with Crippen molar-refractivity contribution in [2.45, 2.75) is 13.0 Å². The van der Waals surface area contributed by atoms with Crippen molar-refractivity contribution < 1.29 is 4.74 Å². The molecule has 1 aliphatic heterocycles. The van der Waals surface area contributed by atoms with E-state index in [0.29, 0.717) is 6.54 Å². The number of anilines is 1. The summed E-state index contributed by atoms with van der Waals surface area (Å²) in [5.74, 6) is 0.720. The largest absolute Gasteiger partial charge is 0.374 e. The summed E-state index contributed by atoms with van der Waals surface area (Å²) in [4.78, 5) is 13.7. The molecule has 0 saturated carbocycles. The van der Waals surface area contributed by atoms with Gasteiger partial charge in [-0.3, -0.25) is 9.67 Å². The minimum atomic E-state index is 0.117. The predicted octanol–water partition coefficient (Wildman–Crippen LogP) is 1.13. The van der Waals surface area contributed by atoms with E-state index in [1.54, 1.807) is 12.4 Å². The number of morpholine rings is 1. The highest BCUT2D eigenvalue weighted by molar-refractivity contribution is 5.88. The zero-order valence-electron chi connectivity index (χ0n) is 14.4. The fraction of sp³-hybridized carbons (Fsp3) is 0.412. The monoisotopic (exact) mass is 339 g/mol. The quantitative estimate of drug-likeness (QED) is 0.736. The third-order valence-electron chi connectivity index (χ3n) is 4.47. The fourth-order valence-corrected chi connectivity index (χ4v) is 2.94. The number of nitrogens with zero attached hydrogens (tertiary/aromatic N) is 5. The Labute approximate surface area is 145 Å². The molecule has 130 valence electrons. The van der Waals surface area contributed by atoms with E-state index >= 15 is 0 Å². The molecule has 0 aromatic carbocycles. The maximum absolute atomic E-state index is 5.75. The number of hydrogen-bond acceptors (Lipinski definition) is 7. The first kappa shape index (κ1) is 15.9. The van der Waals surface area contributed by atoms with Crippen molar-refractivity contribution in [2.75, 3.05) is 31.6 Å². The van der Waals surface area contributed by atoms with Crippen LogP contribution >= 0.6 is 0 Å². The number of nitrogens with one attached hydrogen (secondary N) is 2. The Balaban J connectivity index is 1.70. The minimum absolute atomic E-state index is 0.117. The highest BCUT2D eigenvalue weighted by atomic mass is 16.5. The lowest BCUT2D eigenvalue weighted by Gasteiger charge is -2.24. The highest BCUT2D eigenvalue weighted by Crippen LogP contribution is 2.27. The van der Waals surface area contributed by atoms with Crippen LogP contribution < -0.4 is 10.6 Å². The second kappa shape index (κ2) is 6.73. The lowest BCUT2D eigenvalue weighted by Crippen LogP contribution is -2.42. The number of ether oxygens (including phenoxy) is 1. The molecule has 8 heteroatoms. The van der Waals surface area contributed by atoms with Crippen molar-refractivity contribution in [3.8, 4) is 11.3 Å². The van der Waals surface area contributed by atoms with Crippen molar-refractivity contribution in [2.24, 2.45) is 7.05 Å². The van der Waals surface area contributed by atoms with Crippen LogP contribution in [0.3, 0.4) is 0 Å². The van der Waals surface area contributed by atoms with Gasteiger partial charge in [-0.2, -0.15) is 5.10 Å². The molecule has 1 atom stereocenters. The van der Waals surface area contributed by atoms with Gasteiger partial charge in [0.25, 0.3) is 0 Å². The van der Waals surface area contributed by atoms with Crippen LogP contribution in [-0.4, -0.2) is 57.1 Å². The smallest absolute Gasteiger partial charge is 0.154 e. The Morgan fingerprint density at radius 3 is 3.00 bits per heavy atom. The number of aromatic nitrogens is 5. The van der Waals surface area contributed by atoms with Crippen molar-refractivity contribution in [3.63, 3.8) is 0 Å². The molecule has 1 saturated heterocycles. The molecule has 3 aromatic heterocycles. The van der Waals surface area contributed by atoms with Gasteiger partial charge in [0.1, 0.15) is 5.52 Å². The van der Waals surface area contributed by atoms with Gasteiger partial charge in [-0.1, -0.05) is 0 Å². The Morgan fingerprint density at radius 2 is 2.24 bits per heavy atom. The van der Waals surface area contributed by atoms with E-state index in [9.17, 15) is 0 Å². The van der Waals surface area contributed by atoms with E-state index in [2.05, 4.69) is 25.7 Å². The molecular weight excluding hydrogens is 318 g/mol. The van der Waals surface area contributed by atoms with Crippen molar-refractivity contribution >= 4 is 16.9 Å². The van der Waals surface area contributed by atoms with E-state index in [4.69, 9.17) is 9.72 Å². The number of hydrogen-bond donors (Lipinski definition) is 2. The number of rotatable bonds is 4. The molecule has 1 aliphatic rings. The molecule has 0 unspecified atom stereocenters. The van der Waals surface area contributed by atoms with Crippen LogP contribution in [0.4, 0.5) is 5.82 Å². The molecule has 0 amide bonds. The summed E-state index contributed by atoms with van der Waals surface area (Å²) in [6.07, 6.45) is 5.33. The van der Waals surface area contributed by atoms with Gasteiger partial charge in [0.05, 0.1) is 30.1 Å². The molecule has 0 aliphatic carbocycles. The van der Waals surface area contributed by atoms with Gasteiger partial charge in [0.2, 0.25) is 0 Å². The first-order chi connectivity index (χ1) is 12.2. The van der Waals surface area contributed by atoms with Crippen LogP contribution in [-0.2, 0) is 11.8 Å². The maximum atomic E-state index is 5.75. The van der Waals surface area contributed by atoms with Gasteiger partial charge >= 0.3 is 0 Å². The van der Waals surface area contributed by atoms with Gasteiger partial charge in [-0.15, -0.1) is 0 Å². The first-order valence-electron chi connectivity index (χ1n) is 8.39.